The van der Waals surface area contributed by atoms with Gasteiger partial charge in [0.1, 0.15) is 0 Å². The van der Waals surface area contributed by atoms with Crippen LogP contribution in [0.2, 0.25) is 0 Å². The van der Waals surface area contributed by atoms with Crippen LogP contribution in [0.3, 0.4) is 0 Å². The molecule has 0 aliphatic heterocycles. The fourth-order valence-corrected chi connectivity index (χ4v) is 1.35. The minimum atomic E-state index is -0.579. The van der Waals surface area contributed by atoms with Crippen LogP contribution < -0.4 is 5.73 Å². The molecule has 0 saturated carbocycles. The molecule has 5 nitrogen and oxygen atoms in total. The first-order valence-corrected chi connectivity index (χ1v) is 5.50. The second-order valence-electron chi connectivity index (χ2n) is 4.36. The van der Waals surface area contributed by atoms with Gasteiger partial charge in [-0.3, -0.25) is 9.59 Å². The lowest BCUT2D eigenvalue weighted by molar-refractivity contribution is -0.131. The SMILES string of the molecule is CC(C)C(N)C(=O)N(C)CC(=O)c1ccco1. The summed E-state index contributed by atoms with van der Waals surface area (Å²) in [6, 6.07) is 2.63. The highest BCUT2D eigenvalue weighted by atomic mass is 16.3. The number of rotatable bonds is 5. The number of likely N-dealkylation sites (N-methyl/N-ethyl adjacent to an activating group) is 1. The van der Waals surface area contributed by atoms with E-state index in [0.29, 0.717) is 0 Å². The van der Waals surface area contributed by atoms with Gasteiger partial charge in [-0.15, -0.1) is 0 Å². The Kier molecular flexibility index (Phi) is 4.45. The highest BCUT2D eigenvalue weighted by molar-refractivity contribution is 5.97. The van der Waals surface area contributed by atoms with Crippen molar-refractivity contribution in [3.63, 3.8) is 0 Å². The van der Waals surface area contributed by atoms with Gasteiger partial charge in [0.15, 0.2) is 5.76 Å². The van der Waals surface area contributed by atoms with E-state index in [9.17, 15) is 9.59 Å². The Balaban J connectivity index is 2.58. The maximum absolute atomic E-state index is 11.8. The van der Waals surface area contributed by atoms with Crippen LogP contribution in [-0.2, 0) is 4.79 Å². The van der Waals surface area contributed by atoms with Gasteiger partial charge in [0, 0.05) is 7.05 Å². The van der Waals surface area contributed by atoms with E-state index in [2.05, 4.69) is 0 Å². The number of furan rings is 1. The summed E-state index contributed by atoms with van der Waals surface area (Å²) in [5, 5.41) is 0. The predicted octanol–water partition coefficient (Wildman–Crippen LogP) is 0.904. The molecule has 1 amide bonds. The summed E-state index contributed by atoms with van der Waals surface area (Å²) in [7, 11) is 1.56. The highest BCUT2D eigenvalue weighted by Crippen LogP contribution is 2.05. The third-order valence-electron chi connectivity index (χ3n) is 2.56. The number of nitrogens with zero attached hydrogens (tertiary/aromatic N) is 1. The lowest BCUT2D eigenvalue weighted by Gasteiger charge is -2.22. The Labute approximate surface area is 101 Å². The van der Waals surface area contributed by atoms with Crippen LogP contribution in [-0.4, -0.2) is 36.2 Å². The maximum atomic E-state index is 11.8. The van der Waals surface area contributed by atoms with Crippen LogP contribution in [0.5, 0.6) is 0 Å². The number of nitrogens with two attached hydrogens (primary N) is 1. The Morgan fingerprint density at radius 1 is 1.47 bits per heavy atom. The quantitative estimate of drug-likeness (QED) is 0.773. The molecule has 0 fully saturated rings. The van der Waals surface area contributed by atoms with E-state index in [-0.39, 0.29) is 29.9 Å². The molecule has 0 aliphatic rings. The molecule has 94 valence electrons. The van der Waals surface area contributed by atoms with Gasteiger partial charge in [-0.1, -0.05) is 13.8 Å². The van der Waals surface area contributed by atoms with Gasteiger partial charge in [0.25, 0.3) is 0 Å². The minimum Gasteiger partial charge on any atom is -0.461 e. The molecule has 0 bridgehead atoms. The summed E-state index contributed by atoms with van der Waals surface area (Å²) in [5.74, 6) is -0.173. The zero-order valence-electron chi connectivity index (χ0n) is 10.3. The van der Waals surface area contributed by atoms with Crippen LogP contribution in [0.1, 0.15) is 24.4 Å². The Hall–Kier alpha value is -1.62. The molecule has 0 aliphatic carbocycles. The van der Waals surface area contributed by atoms with E-state index in [0.717, 1.165) is 0 Å². The topological polar surface area (TPSA) is 76.5 Å². The highest BCUT2D eigenvalue weighted by Gasteiger charge is 2.23. The van der Waals surface area contributed by atoms with Crippen molar-refractivity contribution in [1.82, 2.24) is 4.90 Å². The summed E-state index contributed by atoms with van der Waals surface area (Å²) in [5.41, 5.74) is 5.73. The second-order valence-corrected chi connectivity index (χ2v) is 4.36. The number of carbonyl (C=O) groups is 2. The van der Waals surface area contributed by atoms with E-state index in [1.165, 1.54) is 11.2 Å². The van der Waals surface area contributed by atoms with Crippen molar-refractivity contribution in [3.05, 3.63) is 24.2 Å². The van der Waals surface area contributed by atoms with Gasteiger partial charge in [0.05, 0.1) is 18.8 Å². The average Bonchev–Trinajstić information content (AvgIpc) is 2.80. The third kappa shape index (κ3) is 3.42. The van der Waals surface area contributed by atoms with Gasteiger partial charge in [-0.2, -0.15) is 0 Å². The lowest BCUT2D eigenvalue weighted by atomic mass is 10.0. The van der Waals surface area contributed by atoms with Crippen molar-refractivity contribution in [2.75, 3.05) is 13.6 Å². The van der Waals surface area contributed by atoms with Gasteiger partial charge >= 0.3 is 0 Å². The molecule has 5 heteroatoms. The van der Waals surface area contributed by atoms with Crippen LogP contribution in [0, 0.1) is 5.92 Å². The molecule has 17 heavy (non-hydrogen) atoms. The van der Waals surface area contributed by atoms with Crippen LogP contribution in [0.4, 0.5) is 0 Å². The summed E-state index contributed by atoms with van der Waals surface area (Å²) < 4.78 is 4.97. The summed E-state index contributed by atoms with van der Waals surface area (Å²) in [6.45, 7) is 3.71. The molecule has 1 rings (SSSR count). The van der Waals surface area contributed by atoms with E-state index in [4.69, 9.17) is 10.2 Å². The Morgan fingerprint density at radius 2 is 2.12 bits per heavy atom. The standard InChI is InChI=1S/C12H18N2O3/c1-8(2)11(13)12(16)14(3)7-9(15)10-5-4-6-17-10/h4-6,8,11H,7,13H2,1-3H3. The molecule has 0 radical (unpaired) electrons. The van der Waals surface area contributed by atoms with Crippen molar-refractivity contribution in [2.24, 2.45) is 11.7 Å². The fraction of sp³-hybridized carbons (Fsp3) is 0.500. The minimum absolute atomic E-state index is 0.0211. The molecule has 1 atom stereocenters. The summed E-state index contributed by atoms with van der Waals surface area (Å²) in [4.78, 5) is 24.8. The molecule has 1 unspecified atom stereocenters. The molecule has 2 N–H and O–H groups in total. The number of amides is 1. The number of hydrogen-bond acceptors (Lipinski definition) is 4. The van der Waals surface area contributed by atoms with Crippen LogP contribution in [0.25, 0.3) is 0 Å². The first-order chi connectivity index (χ1) is 7.93. The van der Waals surface area contributed by atoms with Crippen molar-refractivity contribution in [2.45, 2.75) is 19.9 Å². The van der Waals surface area contributed by atoms with E-state index < -0.39 is 6.04 Å². The van der Waals surface area contributed by atoms with Crippen molar-refractivity contribution in [1.29, 1.82) is 0 Å². The first kappa shape index (κ1) is 13.4. The molecule has 0 aromatic carbocycles. The first-order valence-electron chi connectivity index (χ1n) is 5.50. The zero-order valence-corrected chi connectivity index (χ0v) is 10.3. The molecule has 1 aromatic heterocycles. The number of hydrogen-bond donors (Lipinski definition) is 1. The van der Waals surface area contributed by atoms with Crippen molar-refractivity contribution in [3.8, 4) is 0 Å². The smallest absolute Gasteiger partial charge is 0.239 e. The number of carbonyl (C=O) groups excluding carboxylic acids is 2. The van der Waals surface area contributed by atoms with Gasteiger partial charge in [-0.25, -0.2) is 0 Å². The van der Waals surface area contributed by atoms with Gasteiger partial charge < -0.3 is 15.1 Å². The Bertz CT molecular complexity index is 384. The molecular formula is C12H18N2O3. The lowest BCUT2D eigenvalue weighted by Crippen LogP contribution is -2.46. The summed E-state index contributed by atoms with van der Waals surface area (Å²) >= 11 is 0. The van der Waals surface area contributed by atoms with Gasteiger partial charge in [-0.05, 0) is 18.1 Å². The van der Waals surface area contributed by atoms with Gasteiger partial charge in [0.2, 0.25) is 11.7 Å². The monoisotopic (exact) mass is 238 g/mol. The predicted molar refractivity (Wildman–Crippen MR) is 63.5 cm³/mol. The number of ketones is 1. The average molecular weight is 238 g/mol. The molecule has 1 heterocycles. The third-order valence-corrected chi connectivity index (χ3v) is 2.56. The molecule has 0 spiro atoms. The Morgan fingerprint density at radius 3 is 2.59 bits per heavy atom. The summed E-state index contributed by atoms with van der Waals surface area (Å²) in [6.07, 6.45) is 1.43. The van der Waals surface area contributed by atoms with Crippen molar-refractivity contribution >= 4 is 11.7 Å². The second kappa shape index (κ2) is 5.63. The van der Waals surface area contributed by atoms with Crippen LogP contribution in [0.15, 0.2) is 22.8 Å². The fourth-order valence-electron chi connectivity index (χ4n) is 1.35. The molecular weight excluding hydrogens is 220 g/mol. The molecule has 1 aromatic rings. The van der Waals surface area contributed by atoms with E-state index in [1.807, 2.05) is 13.8 Å². The van der Waals surface area contributed by atoms with Crippen LogP contribution >= 0.6 is 0 Å². The largest absolute Gasteiger partial charge is 0.461 e. The molecule has 0 saturated heterocycles. The zero-order chi connectivity index (χ0) is 13.0. The van der Waals surface area contributed by atoms with E-state index in [1.54, 1.807) is 19.2 Å². The maximum Gasteiger partial charge on any atom is 0.239 e. The number of Topliss-reactive ketones (excluding diaryl/α,β-unsaturated/α-hetero) is 1. The normalized spacial score (nSPS) is 12.5. The van der Waals surface area contributed by atoms with E-state index >= 15 is 0 Å². The van der Waals surface area contributed by atoms with Crippen molar-refractivity contribution < 1.29 is 14.0 Å².